The monoisotopic (exact) mass is 234 g/mol. The van der Waals surface area contributed by atoms with E-state index in [2.05, 4.69) is 19.9 Å². The van der Waals surface area contributed by atoms with E-state index in [0.717, 1.165) is 17.7 Å². The molecule has 17 heavy (non-hydrogen) atoms. The van der Waals surface area contributed by atoms with Gasteiger partial charge in [0, 0.05) is 6.42 Å². The van der Waals surface area contributed by atoms with Crippen LogP contribution in [0.1, 0.15) is 51.8 Å². The third-order valence-corrected chi connectivity index (χ3v) is 3.22. The average Bonchev–Trinajstić information content (AvgIpc) is 2.47. The first kappa shape index (κ1) is 12.4. The van der Waals surface area contributed by atoms with Gasteiger partial charge < -0.3 is 9.84 Å². The van der Waals surface area contributed by atoms with Gasteiger partial charge in [0.1, 0.15) is 11.4 Å². The van der Waals surface area contributed by atoms with Crippen molar-refractivity contribution < 1.29 is 9.84 Å². The second-order valence-electron chi connectivity index (χ2n) is 6.67. The number of aliphatic hydroxyl groups excluding tert-OH is 1. The zero-order valence-corrected chi connectivity index (χ0v) is 11.4. The summed E-state index contributed by atoms with van der Waals surface area (Å²) in [5.41, 5.74) is 1.94. The second kappa shape index (κ2) is 3.74. The Labute approximate surface area is 104 Å². The van der Waals surface area contributed by atoms with Crippen molar-refractivity contribution in [3.63, 3.8) is 0 Å². The molecule has 1 aliphatic rings. The highest BCUT2D eigenvalue weighted by atomic mass is 16.5. The molecule has 0 saturated carbocycles. The number of hydrogen-bond donors (Lipinski definition) is 1. The molecule has 1 atom stereocenters. The van der Waals surface area contributed by atoms with Crippen LogP contribution in [0.2, 0.25) is 0 Å². The van der Waals surface area contributed by atoms with Crippen molar-refractivity contribution in [1.82, 2.24) is 0 Å². The molecule has 1 aliphatic heterocycles. The molecule has 1 aromatic rings. The first-order valence-corrected chi connectivity index (χ1v) is 6.19. The van der Waals surface area contributed by atoms with Crippen molar-refractivity contribution in [1.29, 1.82) is 0 Å². The molecule has 0 saturated heterocycles. The number of ether oxygens (including phenoxy) is 1. The van der Waals surface area contributed by atoms with Gasteiger partial charge in [-0.05, 0) is 42.5 Å². The Balaban J connectivity index is 2.31. The van der Waals surface area contributed by atoms with Gasteiger partial charge in [-0.1, -0.05) is 26.8 Å². The van der Waals surface area contributed by atoms with Crippen molar-refractivity contribution in [2.24, 2.45) is 5.41 Å². The van der Waals surface area contributed by atoms with Gasteiger partial charge in [-0.25, -0.2) is 0 Å². The third-order valence-electron chi connectivity index (χ3n) is 3.22. The lowest BCUT2D eigenvalue weighted by molar-refractivity contribution is 0.0626. The summed E-state index contributed by atoms with van der Waals surface area (Å²) in [7, 11) is 0. The molecule has 1 aromatic carbocycles. The lowest BCUT2D eigenvalue weighted by Gasteiger charge is -2.26. The summed E-state index contributed by atoms with van der Waals surface area (Å²) in [6.07, 6.45) is 0.476. The number of rotatable bonds is 1. The Hall–Kier alpha value is -1.02. The van der Waals surface area contributed by atoms with Crippen LogP contribution in [0.25, 0.3) is 0 Å². The van der Waals surface area contributed by atoms with E-state index in [0.29, 0.717) is 0 Å². The summed E-state index contributed by atoms with van der Waals surface area (Å²) in [6.45, 7) is 10.3. The molecule has 0 aromatic heterocycles. The molecule has 0 spiro atoms. The van der Waals surface area contributed by atoms with Crippen molar-refractivity contribution in [2.75, 3.05) is 0 Å². The van der Waals surface area contributed by atoms with E-state index in [1.807, 2.05) is 32.9 Å². The third kappa shape index (κ3) is 2.47. The van der Waals surface area contributed by atoms with E-state index in [4.69, 9.17) is 4.74 Å². The summed E-state index contributed by atoms with van der Waals surface area (Å²) in [5, 5.41) is 10.3. The van der Waals surface area contributed by atoms with E-state index in [-0.39, 0.29) is 11.0 Å². The van der Waals surface area contributed by atoms with Crippen LogP contribution in [0.15, 0.2) is 18.2 Å². The topological polar surface area (TPSA) is 29.5 Å². The highest BCUT2D eigenvalue weighted by molar-refractivity contribution is 5.42. The van der Waals surface area contributed by atoms with Crippen LogP contribution >= 0.6 is 0 Å². The minimum atomic E-state index is -0.434. The standard InChI is InChI=1S/C15H22O2/c1-14(2,3)13(16)10-6-7-12-11(8-10)9-15(4,5)17-12/h6-8,13,16H,9H2,1-5H3. The van der Waals surface area contributed by atoms with Gasteiger partial charge >= 0.3 is 0 Å². The quantitative estimate of drug-likeness (QED) is 0.806. The van der Waals surface area contributed by atoms with Gasteiger partial charge in [0.25, 0.3) is 0 Å². The predicted octanol–water partition coefficient (Wildman–Crippen LogP) is 3.48. The van der Waals surface area contributed by atoms with E-state index >= 15 is 0 Å². The molecule has 2 rings (SSSR count). The Bertz CT molecular complexity index is 427. The summed E-state index contributed by atoms with van der Waals surface area (Å²) in [6, 6.07) is 6.03. The lowest BCUT2D eigenvalue weighted by Crippen LogP contribution is -2.24. The van der Waals surface area contributed by atoms with Crippen LogP contribution in [0, 0.1) is 5.41 Å². The first-order valence-electron chi connectivity index (χ1n) is 6.19. The molecule has 0 radical (unpaired) electrons. The molecule has 2 nitrogen and oxygen atoms in total. The Morgan fingerprint density at radius 2 is 1.94 bits per heavy atom. The summed E-state index contributed by atoms with van der Waals surface area (Å²) in [4.78, 5) is 0. The van der Waals surface area contributed by atoms with Crippen LogP contribution in [0.5, 0.6) is 5.75 Å². The Morgan fingerprint density at radius 1 is 1.29 bits per heavy atom. The fourth-order valence-electron chi connectivity index (χ4n) is 2.30. The molecule has 0 bridgehead atoms. The van der Waals surface area contributed by atoms with Crippen molar-refractivity contribution in [3.8, 4) is 5.75 Å². The van der Waals surface area contributed by atoms with Crippen LogP contribution < -0.4 is 4.74 Å². The number of benzene rings is 1. The Kier molecular flexibility index (Phi) is 2.74. The second-order valence-corrected chi connectivity index (χ2v) is 6.67. The number of fused-ring (bicyclic) bond motifs is 1. The fourth-order valence-corrected chi connectivity index (χ4v) is 2.30. The van der Waals surface area contributed by atoms with Crippen LogP contribution in [-0.2, 0) is 6.42 Å². The van der Waals surface area contributed by atoms with E-state index in [1.54, 1.807) is 0 Å². The summed E-state index contributed by atoms with van der Waals surface area (Å²) in [5.74, 6) is 0.958. The fraction of sp³-hybridized carbons (Fsp3) is 0.600. The minimum Gasteiger partial charge on any atom is -0.487 e. The maximum absolute atomic E-state index is 10.3. The van der Waals surface area contributed by atoms with Crippen molar-refractivity contribution in [3.05, 3.63) is 29.3 Å². The SMILES string of the molecule is CC1(C)Cc2cc(C(O)C(C)(C)C)ccc2O1. The van der Waals surface area contributed by atoms with Crippen LogP contribution in [0.3, 0.4) is 0 Å². The van der Waals surface area contributed by atoms with Gasteiger partial charge in [0.05, 0.1) is 6.10 Å². The van der Waals surface area contributed by atoms with E-state index in [9.17, 15) is 5.11 Å². The molecule has 0 aliphatic carbocycles. The highest BCUT2D eigenvalue weighted by Crippen LogP contribution is 2.39. The summed E-state index contributed by atoms with van der Waals surface area (Å²) < 4.78 is 5.83. The molecule has 0 amide bonds. The smallest absolute Gasteiger partial charge is 0.123 e. The summed E-state index contributed by atoms with van der Waals surface area (Å²) >= 11 is 0. The number of hydrogen-bond acceptors (Lipinski definition) is 2. The Morgan fingerprint density at radius 3 is 2.53 bits per heavy atom. The van der Waals surface area contributed by atoms with Crippen LogP contribution in [-0.4, -0.2) is 10.7 Å². The normalized spacial score (nSPS) is 19.6. The van der Waals surface area contributed by atoms with Crippen LogP contribution in [0.4, 0.5) is 0 Å². The predicted molar refractivity (Wildman–Crippen MR) is 69.3 cm³/mol. The average molecular weight is 234 g/mol. The largest absolute Gasteiger partial charge is 0.487 e. The highest BCUT2D eigenvalue weighted by Gasteiger charge is 2.31. The zero-order chi connectivity index (χ0) is 12.8. The van der Waals surface area contributed by atoms with E-state index < -0.39 is 6.10 Å². The molecule has 1 unspecified atom stereocenters. The zero-order valence-electron chi connectivity index (χ0n) is 11.4. The van der Waals surface area contributed by atoms with Gasteiger partial charge in [0.15, 0.2) is 0 Å². The van der Waals surface area contributed by atoms with Crippen molar-refractivity contribution in [2.45, 2.75) is 52.7 Å². The van der Waals surface area contributed by atoms with Crippen molar-refractivity contribution >= 4 is 0 Å². The first-order chi connectivity index (χ1) is 7.69. The van der Waals surface area contributed by atoms with Gasteiger partial charge in [-0.2, -0.15) is 0 Å². The van der Waals surface area contributed by atoms with Gasteiger partial charge in [-0.3, -0.25) is 0 Å². The molecule has 1 N–H and O–H groups in total. The molecule has 1 heterocycles. The van der Waals surface area contributed by atoms with E-state index in [1.165, 1.54) is 5.56 Å². The number of aliphatic hydroxyl groups is 1. The maximum atomic E-state index is 10.3. The lowest BCUT2D eigenvalue weighted by atomic mass is 9.84. The molecule has 0 fully saturated rings. The maximum Gasteiger partial charge on any atom is 0.123 e. The molecule has 94 valence electrons. The minimum absolute atomic E-state index is 0.117. The molecule has 2 heteroatoms. The van der Waals surface area contributed by atoms with Gasteiger partial charge in [-0.15, -0.1) is 0 Å². The molecular weight excluding hydrogens is 212 g/mol. The molecular formula is C15H22O2. The van der Waals surface area contributed by atoms with Gasteiger partial charge in [0.2, 0.25) is 0 Å².